The lowest BCUT2D eigenvalue weighted by Crippen LogP contribution is -2.28. The van der Waals surface area contributed by atoms with Gasteiger partial charge in [0.15, 0.2) is 0 Å². The van der Waals surface area contributed by atoms with Crippen LogP contribution in [-0.2, 0) is 19.6 Å². The lowest BCUT2D eigenvalue weighted by molar-refractivity contribution is -0.122. The van der Waals surface area contributed by atoms with Gasteiger partial charge in [-0.25, -0.2) is 8.42 Å². The van der Waals surface area contributed by atoms with Gasteiger partial charge < -0.3 is 19.7 Å². The fourth-order valence-corrected chi connectivity index (χ4v) is 4.06. The van der Waals surface area contributed by atoms with Crippen molar-refractivity contribution in [3.63, 3.8) is 0 Å². The van der Waals surface area contributed by atoms with Crippen LogP contribution >= 0.6 is 0 Å². The molecule has 0 aliphatic carbocycles. The third-order valence-corrected chi connectivity index (χ3v) is 6.36. The number of benzene rings is 2. The Morgan fingerprint density at radius 1 is 1.16 bits per heavy atom. The number of nitrogens with zero attached hydrogens (tertiary/aromatic N) is 1. The predicted molar refractivity (Wildman–Crippen MR) is 123 cm³/mol. The summed E-state index contributed by atoms with van der Waals surface area (Å²) in [7, 11) is -2.06. The quantitative estimate of drug-likeness (QED) is 0.594. The Balaban J connectivity index is 1.72. The maximum Gasteiger partial charge on any atom is 0.232 e. The summed E-state index contributed by atoms with van der Waals surface area (Å²) < 4.78 is 37.0. The first-order chi connectivity index (χ1) is 15.3. The molecule has 2 aromatic carbocycles. The molecule has 1 saturated heterocycles. The number of nitrogens with one attached hydrogen (secondary N) is 2. The van der Waals surface area contributed by atoms with Crippen LogP contribution in [0.5, 0.6) is 11.5 Å². The molecule has 0 bridgehead atoms. The summed E-state index contributed by atoms with van der Waals surface area (Å²) in [6.45, 7) is 4.10. The third kappa shape index (κ3) is 5.31. The first-order valence-electron chi connectivity index (χ1n) is 10.3. The van der Waals surface area contributed by atoms with E-state index in [2.05, 4.69) is 10.0 Å². The zero-order valence-electron chi connectivity index (χ0n) is 18.3. The summed E-state index contributed by atoms with van der Waals surface area (Å²) in [5.74, 6) is -0.207. The molecule has 1 unspecified atom stereocenters. The largest absolute Gasteiger partial charge is 0.494 e. The number of rotatable bonds is 9. The zero-order valence-corrected chi connectivity index (χ0v) is 19.1. The summed E-state index contributed by atoms with van der Waals surface area (Å²) in [6, 6.07) is 11.9. The van der Waals surface area contributed by atoms with Crippen LogP contribution in [0, 0.1) is 5.92 Å². The van der Waals surface area contributed by atoms with E-state index in [1.165, 1.54) is 26.2 Å². The number of methoxy groups -OCH3 is 1. The van der Waals surface area contributed by atoms with Crippen molar-refractivity contribution < 1.29 is 27.5 Å². The molecule has 1 fully saturated rings. The Kier molecular flexibility index (Phi) is 7.24. The van der Waals surface area contributed by atoms with Crippen molar-refractivity contribution in [1.29, 1.82) is 0 Å². The van der Waals surface area contributed by atoms with Crippen LogP contribution in [0.2, 0.25) is 0 Å². The van der Waals surface area contributed by atoms with Gasteiger partial charge in [0, 0.05) is 24.7 Å². The lowest BCUT2D eigenvalue weighted by atomic mass is 10.1. The van der Waals surface area contributed by atoms with Crippen LogP contribution in [0.4, 0.5) is 17.1 Å². The molecule has 0 aromatic heterocycles. The van der Waals surface area contributed by atoms with Gasteiger partial charge in [-0.15, -0.1) is 0 Å². The highest BCUT2D eigenvalue weighted by Crippen LogP contribution is 2.34. The highest BCUT2D eigenvalue weighted by molar-refractivity contribution is 7.92. The Bertz CT molecular complexity index is 1100. The molecule has 0 spiro atoms. The zero-order chi connectivity index (χ0) is 23.3. The fraction of sp³-hybridized carbons (Fsp3) is 0.364. The Labute approximate surface area is 187 Å². The first kappa shape index (κ1) is 23.4. The average molecular weight is 462 g/mol. The third-order valence-electron chi connectivity index (χ3n) is 5.07. The number of ether oxygens (including phenoxy) is 2. The summed E-state index contributed by atoms with van der Waals surface area (Å²) in [6.07, 6.45) is 0.0812. The van der Waals surface area contributed by atoms with Crippen molar-refractivity contribution in [3.8, 4) is 11.5 Å². The second kappa shape index (κ2) is 9.90. The number of anilines is 3. The Hall–Kier alpha value is -3.27. The van der Waals surface area contributed by atoms with Gasteiger partial charge in [-0.3, -0.25) is 14.3 Å². The molecule has 2 aromatic rings. The maximum absolute atomic E-state index is 12.8. The number of para-hydroxylation sites is 2. The van der Waals surface area contributed by atoms with E-state index in [-0.39, 0.29) is 42.0 Å². The normalized spacial score (nSPS) is 16.0. The van der Waals surface area contributed by atoms with E-state index in [0.717, 1.165) is 0 Å². The molecule has 2 amide bonds. The smallest absolute Gasteiger partial charge is 0.232 e. The van der Waals surface area contributed by atoms with Gasteiger partial charge in [-0.2, -0.15) is 0 Å². The minimum atomic E-state index is -3.47. The van der Waals surface area contributed by atoms with Gasteiger partial charge in [-0.1, -0.05) is 12.1 Å². The summed E-state index contributed by atoms with van der Waals surface area (Å²) in [4.78, 5) is 27.0. The molecule has 0 saturated carbocycles. The molecule has 1 atom stereocenters. The number of hydrogen-bond donors (Lipinski definition) is 2. The fourth-order valence-electron chi connectivity index (χ4n) is 3.41. The van der Waals surface area contributed by atoms with E-state index < -0.39 is 15.9 Å². The maximum atomic E-state index is 12.8. The highest BCUT2D eigenvalue weighted by atomic mass is 32.2. The lowest BCUT2D eigenvalue weighted by Gasteiger charge is -2.20. The van der Waals surface area contributed by atoms with Crippen LogP contribution in [0.15, 0.2) is 42.5 Å². The first-order valence-corrected chi connectivity index (χ1v) is 11.9. The second-order valence-corrected chi connectivity index (χ2v) is 9.23. The van der Waals surface area contributed by atoms with Crippen molar-refractivity contribution >= 4 is 38.9 Å². The number of carbonyl (C=O) groups is 2. The van der Waals surface area contributed by atoms with Gasteiger partial charge in [0.25, 0.3) is 0 Å². The van der Waals surface area contributed by atoms with Crippen molar-refractivity contribution in [2.45, 2.75) is 20.3 Å². The molecule has 9 nitrogen and oxygen atoms in total. The van der Waals surface area contributed by atoms with Gasteiger partial charge in [-0.05, 0) is 38.1 Å². The topological polar surface area (TPSA) is 114 Å². The molecular weight excluding hydrogens is 434 g/mol. The summed E-state index contributed by atoms with van der Waals surface area (Å²) in [5.41, 5.74) is 1.36. The molecule has 1 heterocycles. The standard InChI is InChI=1S/C22H27N3O6S/c1-4-31-19-9-7-6-8-18(19)25-14-15(12-21(25)26)22(27)23-16-10-11-17(20(13-16)30-3)24-32(28,29)5-2/h6-11,13,15,24H,4-5,12,14H2,1-3H3,(H,23,27). The molecule has 10 heteroatoms. The molecule has 1 aliphatic heterocycles. The molecule has 3 rings (SSSR count). The minimum absolute atomic E-state index is 0.0761. The van der Waals surface area contributed by atoms with Crippen LogP contribution in [-0.4, -0.2) is 46.2 Å². The van der Waals surface area contributed by atoms with Crippen molar-refractivity contribution in [2.24, 2.45) is 5.92 Å². The number of amides is 2. The summed E-state index contributed by atoms with van der Waals surface area (Å²) in [5, 5.41) is 2.79. The van der Waals surface area contributed by atoms with Crippen LogP contribution in [0.25, 0.3) is 0 Å². The van der Waals surface area contributed by atoms with E-state index in [4.69, 9.17) is 9.47 Å². The Morgan fingerprint density at radius 2 is 1.91 bits per heavy atom. The van der Waals surface area contributed by atoms with Crippen LogP contribution in [0.1, 0.15) is 20.3 Å². The van der Waals surface area contributed by atoms with Crippen molar-refractivity contribution in [1.82, 2.24) is 0 Å². The SMILES string of the molecule is CCOc1ccccc1N1CC(C(=O)Nc2ccc(NS(=O)(=O)CC)c(OC)c2)CC1=O. The Morgan fingerprint density at radius 3 is 2.59 bits per heavy atom. The van der Waals surface area contributed by atoms with Gasteiger partial charge in [0.05, 0.1) is 36.8 Å². The molecule has 32 heavy (non-hydrogen) atoms. The van der Waals surface area contributed by atoms with E-state index in [1.54, 1.807) is 23.1 Å². The molecule has 172 valence electrons. The summed E-state index contributed by atoms with van der Waals surface area (Å²) >= 11 is 0. The van der Waals surface area contributed by atoms with Crippen molar-refractivity contribution in [2.75, 3.05) is 41.0 Å². The molecule has 1 aliphatic rings. The van der Waals surface area contributed by atoms with E-state index in [9.17, 15) is 18.0 Å². The molecular formula is C22H27N3O6S. The number of sulfonamides is 1. The molecule has 2 N–H and O–H groups in total. The van der Waals surface area contributed by atoms with Crippen molar-refractivity contribution in [3.05, 3.63) is 42.5 Å². The van der Waals surface area contributed by atoms with Gasteiger partial charge >= 0.3 is 0 Å². The van der Waals surface area contributed by atoms with Gasteiger partial charge in [0.1, 0.15) is 11.5 Å². The van der Waals surface area contributed by atoms with Crippen LogP contribution < -0.4 is 24.4 Å². The average Bonchev–Trinajstić information content (AvgIpc) is 3.17. The molecule has 0 radical (unpaired) electrons. The predicted octanol–water partition coefficient (Wildman–Crippen LogP) is 2.85. The second-order valence-electron chi connectivity index (χ2n) is 7.22. The highest BCUT2D eigenvalue weighted by Gasteiger charge is 2.36. The van der Waals surface area contributed by atoms with E-state index >= 15 is 0 Å². The monoisotopic (exact) mass is 461 g/mol. The minimum Gasteiger partial charge on any atom is -0.494 e. The number of carbonyl (C=O) groups excluding carboxylic acids is 2. The van der Waals surface area contributed by atoms with Crippen LogP contribution in [0.3, 0.4) is 0 Å². The van der Waals surface area contributed by atoms with Gasteiger partial charge in [0.2, 0.25) is 21.8 Å². The van der Waals surface area contributed by atoms with E-state index in [0.29, 0.717) is 23.7 Å². The van der Waals surface area contributed by atoms with E-state index in [1.807, 2.05) is 19.1 Å². The number of hydrogen-bond acceptors (Lipinski definition) is 6.